The van der Waals surface area contributed by atoms with E-state index in [1.807, 2.05) is 6.92 Å². The molecule has 0 fully saturated rings. The molecule has 0 saturated heterocycles. The lowest BCUT2D eigenvalue weighted by Gasteiger charge is -2.20. The molecule has 16 heavy (non-hydrogen) atoms. The zero-order valence-corrected chi connectivity index (χ0v) is 9.93. The summed E-state index contributed by atoms with van der Waals surface area (Å²) < 4.78 is 0. The van der Waals surface area contributed by atoms with Crippen LogP contribution in [0.5, 0.6) is 0 Å². The normalized spacial score (nSPS) is 12.0. The summed E-state index contributed by atoms with van der Waals surface area (Å²) in [7, 11) is 0. The van der Waals surface area contributed by atoms with E-state index in [2.05, 4.69) is 0 Å². The fraction of sp³-hybridized carbons (Fsp3) is 1.00. The summed E-state index contributed by atoms with van der Waals surface area (Å²) in [4.78, 5) is 0. The van der Waals surface area contributed by atoms with E-state index < -0.39 is 11.4 Å². The van der Waals surface area contributed by atoms with Crippen molar-refractivity contribution in [2.24, 2.45) is 5.41 Å². The molecule has 0 aliphatic carbocycles. The van der Waals surface area contributed by atoms with Crippen LogP contribution in [0, 0.1) is 5.41 Å². The van der Waals surface area contributed by atoms with E-state index in [-0.39, 0.29) is 26.2 Å². The summed E-state index contributed by atoms with van der Waals surface area (Å²) in [5, 5.41) is 50.2. The largest absolute Gasteiger partial charge is 0.396 e. The molecule has 0 radical (unpaired) electrons. The molecule has 0 spiro atoms. The van der Waals surface area contributed by atoms with Gasteiger partial charge in [0, 0.05) is 11.8 Å². The van der Waals surface area contributed by atoms with Crippen molar-refractivity contribution in [1.82, 2.24) is 0 Å². The van der Waals surface area contributed by atoms with E-state index in [0.29, 0.717) is 6.42 Å². The number of rotatable bonds is 6. The molecule has 6 nitrogen and oxygen atoms in total. The molecule has 0 unspecified atom stereocenters. The van der Waals surface area contributed by atoms with Gasteiger partial charge in [0.05, 0.1) is 19.8 Å². The second-order valence-electron chi connectivity index (χ2n) is 4.16. The standard InChI is InChI=1S/2C5H12O3/c1-5(2-6,3-7)4-8;1-2-3-4-5(6,7)8/h2*6-8H,2-4H2,1H3. The van der Waals surface area contributed by atoms with Gasteiger partial charge in [-0.25, -0.2) is 0 Å². The van der Waals surface area contributed by atoms with Gasteiger partial charge in [0.15, 0.2) is 0 Å². The summed E-state index contributed by atoms with van der Waals surface area (Å²) in [6.07, 6.45) is 1.51. The van der Waals surface area contributed by atoms with Crippen molar-refractivity contribution in [3.8, 4) is 0 Å². The first kappa shape index (κ1) is 18.1. The van der Waals surface area contributed by atoms with E-state index in [1.165, 1.54) is 0 Å². The van der Waals surface area contributed by atoms with Gasteiger partial charge in [0.25, 0.3) is 5.97 Å². The van der Waals surface area contributed by atoms with Crippen LogP contribution in [0.2, 0.25) is 0 Å². The van der Waals surface area contributed by atoms with E-state index in [9.17, 15) is 0 Å². The lowest BCUT2D eigenvalue weighted by atomic mass is 9.95. The summed E-state index contributed by atoms with van der Waals surface area (Å²) >= 11 is 0. The van der Waals surface area contributed by atoms with Crippen LogP contribution in [0.3, 0.4) is 0 Å². The van der Waals surface area contributed by atoms with Crippen LogP contribution in [0.15, 0.2) is 0 Å². The summed E-state index contributed by atoms with van der Waals surface area (Å²) in [5.41, 5.74) is -0.708. The van der Waals surface area contributed by atoms with Crippen molar-refractivity contribution in [1.29, 1.82) is 0 Å². The highest BCUT2D eigenvalue weighted by Crippen LogP contribution is 2.11. The molecule has 0 saturated carbocycles. The number of unbranched alkanes of at least 4 members (excludes halogenated alkanes) is 1. The molecule has 6 heteroatoms. The molecule has 6 N–H and O–H groups in total. The maximum absolute atomic E-state index is 8.47. The second-order valence-corrected chi connectivity index (χ2v) is 4.16. The van der Waals surface area contributed by atoms with Gasteiger partial charge in [-0.3, -0.25) is 0 Å². The first-order valence-corrected chi connectivity index (χ1v) is 5.24. The van der Waals surface area contributed by atoms with E-state index in [0.717, 1.165) is 6.42 Å². The highest BCUT2D eigenvalue weighted by molar-refractivity contribution is 4.69. The first-order valence-electron chi connectivity index (χ1n) is 5.24. The number of aliphatic hydroxyl groups excluding tert-OH is 3. The van der Waals surface area contributed by atoms with Crippen molar-refractivity contribution >= 4 is 0 Å². The van der Waals surface area contributed by atoms with Crippen LogP contribution in [0.25, 0.3) is 0 Å². The minimum atomic E-state index is -2.45. The third-order valence-electron chi connectivity index (χ3n) is 2.01. The molecule has 0 heterocycles. The summed E-state index contributed by atoms with van der Waals surface area (Å²) in [6.45, 7) is 2.97. The molecular weight excluding hydrogens is 216 g/mol. The average molecular weight is 240 g/mol. The van der Waals surface area contributed by atoms with Gasteiger partial charge < -0.3 is 30.6 Å². The molecule has 0 rings (SSSR count). The van der Waals surface area contributed by atoms with Crippen LogP contribution in [-0.4, -0.2) is 56.4 Å². The van der Waals surface area contributed by atoms with E-state index >= 15 is 0 Å². The quantitative estimate of drug-likeness (QED) is 0.324. The predicted molar refractivity (Wildman–Crippen MR) is 58.3 cm³/mol. The van der Waals surface area contributed by atoms with Crippen molar-refractivity contribution in [3.05, 3.63) is 0 Å². The molecule has 0 aromatic carbocycles. The second kappa shape index (κ2) is 8.86. The smallest absolute Gasteiger partial charge is 0.275 e. The average Bonchev–Trinajstić information content (AvgIpc) is 2.25. The Morgan fingerprint density at radius 2 is 1.25 bits per heavy atom. The molecule has 0 bridgehead atoms. The SMILES string of the molecule is CC(CO)(CO)CO.CCCCC(O)(O)O. The van der Waals surface area contributed by atoms with Crippen molar-refractivity contribution in [3.63, 3.8) is 0 Å². The van der Waals surface area contributed by atoms with E-state index in [4.69, 9.17) is 30.6 Å². The molecule has 0 aromatic heterocycles. The zero-order chi connectivity index (χ0) is 13.2. The Labute approximate surface area is 95.8 Å². The molecular formula is C10H24O6. The fourth-order valence-electron chi connectivity index (χ4n) is 0.564. The van der Waals surface area contributed by atoms with Gasteiger partial charge >= 0.3 is 0 Å². The Bertz CT molecular complexity index is 142. The van der Waals surface area contributed by atoms with Gasteiger partial charge in [0.2, 0.25) is 0 Å². The molecule has 0 atom stereocenters. The van der Waals surface area contributed by atoms with Gasteiger partial charge in [-0.05, 0) is 6.42 Å². The molecule has 0 aliphatic rings. The topological polar surface area (TPSA) is 121 Å². The number of hydrogen-bond acceptors (Lipinski definition) is 6. The highest BCUT2D eigenvalue weighted by Gasteiger charge is 2.20. The minimum Gasteiger partial charge on any atom is -0.396 e. The first-order chi connectivity index (χ1) is 7.24. The van der Waals surface area contributed by atoms with Crippen molar-refractivity contribution in [2.45, 2.75) is 39.1 Å². The third kappa shape index (κ3) is 11.8. The molecule has 100 valence electrons. The van der Waals surface area contributed by atoms with Crippen molar-refractivity contribution < 1.29 is 30.6 Å². The zero-order valence-electron chi connectivity index (χ0n) is 9.93. The van der Waals surface area contributed by atoms with Gasteiger partial charge in [-0.15, -0.1) is 0 Å². The van der Waals surface area contributed by atoms with Crippen LogP contribution in [-0.2, 0) is 0 Å². The maximum atomic E-state index is 8.47. The Kier molecular flexibility index (Phi) is 10.0. The van der Waals surface area contributed by atoms with E-state index in [1.54, 1.807) is 6.92 Å². The maximum Gasteiger partial charge on any atom is 0.275 e. The Morgan fingerprint density at radius 3 is 1.31 bits per heavy atom. The number of aliphatic hydroxyl groups is 6. The monoisotopic (exact) mass is 240 g/mol. The summed E-state index contributed by atoms with van der Waals surface area (Å²) in [5.74, 6) is -2.45. The minimum absolute atomic E-state index is 0.0312. The third-order valence-corrected chi connectivity index (χ3v) is 2.01. The van der Waals surface area contributed by atoms with Gasteiger partial charge in [-0.2, -0.15) is 0 Å². The molecule has 0 aromatic rings. The van der Waals surface area contributed by atoms with Crippen LogP contribution >= 0.6 is 0 Å². The molecule has 0 amide bonds. The van der Waals surface area contributed by atoms with Gasteiger partial charge in [0.1, 0.15) is 0 Å². The summed E-state index contributed by atoms with van der Waals surface area (Å²) in [6, 6.07) is 0. The van der Waals surface area contributed by atoms with Crippen LogP contribution < -0.4 is 0 Å². The lowest BCUT2D eigenvalue weighted by Crippen LogP contribution is -2.29. The fourth-order valence-corrected chi connectivity index (χ4v) is 0.564. The van der Waals surface area contributed by atoms with Crippen molar-refractivity contribution in [2.75, 3.05) is 19.8 Å². The predicted octanol–water partition coefficient (Wildman–Crippen LogP) is -1.22. The van der Waals surface area contributed by atoms with Crippen LogP contribution in [0.4, 0.5) is 0 Å². The van der Waals surface area contributed by atoms with Crippen LogP contribution in [0.1, 0.15) is 33.1 Å². The lowest BCUT2D eigenvalue weighted by molar-refractivity contribution is -0.314. The Hall–Kier alpha value is -0.240. The highest BCUT2D eigenvalue weighted by atomic mass is 16.7. The number of hydrogen-bond donors (Lipinski definition) is 6. The Morgan fingerprint density at radius 1 is 0.875 bits per heavy atom. The van der Waals surface area contributed by atoms with Gasteiger partial charge in [-0.1, -0.05) is 20.3 Å². The molecule has 0 aliphatic heterocycles. The Balaban J connectivity index is 0.